The van der Waals surface area contributed by atoms with Crippen molar-refractivity contribution in [2.75, 3.05) is 0 Å². The Bertz CT molecular complexity index is 3760. The molecule has 3 nitrogen and oxygen atoms in total. The molecule has 0 aliphatic carbocycles. The van der Waals surface area contributed by atoms with Gasteiger partial charge in [-0.15, -0.1) is 0 Å². The van der Waals surface area contributed by atoms with Crippen LogP contribution in [0, 0.1) is 0 Å². The molecule has 0 unspecified atom stereocenters. The zero-order valence-electron chi connectivity index (χ0n) is 29.6. The van der Waals surface area contributed by atoms with Gasteiger partial charge in [-0.25, -0.2) is 0 Å². The standard InChI is InChI=1S/C52H30N2O/c1-3-16-36-33(13-1)34-14-2-4-17-37(34)49-47(36)38-18-5-6-19-39(38)51-50(49)42-21-8-11-23-44(42)54(51)32-27-25-31(26-28-32)53-43-22-10-7-20-41(43)48-45(53)30-29-40-35-15-9-12-24-46(35)55-52(40)48/h1-30H. The largest absolute Gasteiger partial charge is 0.455 e. The monoisotopic (exact) mass is 698 g/mol. The van der Waals surface area contributed by atoms with E-state index in [2.05, 4.69) is 185 Å². The molecule has 0 atom stereocenters. The van der Waals surface area contributed by atoms with E-state index in [1.807, 2.05) is 6.07 Å². The second-order valence-corrected chi connectivity index (χ2v) is 14.8. The molecule has 0 radical (unpaired) electrons. The molecule has 0 N–H and O–H groups in total. The van der Waals surface area contributed by atoms with E-state index in [0.717, 1.165) is 49.7 Å². The van der Waals surface area contributed by atoms with E-state index in [1.54, 1.807) is 0 Å². The Labute approximate surface area is 314 Å². The van der Waals surface area contributed by atoms with Gasteiger partial charge in [-0.05, 0) is 86.9 Å². The number of hydrogen-bond acceptors (Lipinski definition) is 1. The van der Waals surface area contributed by atoms with Crippen LogP contribution < -0.4 is 0 Å². The quantitative estimate of drug-likeness (QED) is 0.165. The molecule has 0 fully saturated rings. The smallest absolute Gasteiger partial charge is 0.145 e. The van der Waals surface area contributed by atoms with Crippen molar-refractivity contribution < 1.29 is 4.42 Å². The molecule has 0 amide bonds. The van der Waals surface area contributed by atoms with Crippen molar-refractivity contribution in [3.63, 3.8) is 0 Å². The summed E-state index contributed by atoms with van der Waals surface area (Å²) >= 11 is 0. The van der Waals surface area contributed by atoms with Crippen LogP contribution in [0.4, 0.5) is 0 Å². The average Bonchev–Trinajstić information content (AvgIpc) is 3.92. The first-order valence-electron chi connectivity index (χ1n) is 18.9. The van der Waals surface area contributed by atoms with Crippen LogP contribution in [0.3, 0.4) is 0 Å². The Hall–Kier alpha value is -7.36. The third-order valence-electron chi connectivity index (χ3n) is 12.1. The van der Waals surface area contributed by atoms with Crippen LogP contribution in [0.5, 0.6) is 0 Å². The lowest BCUT2D eigenvalue weighted by Gasteiger charge is -2.16. The average molecular weight is 699 g/mol. The van der Waals surface area contributed by atoms with Gasteiger partial charge in [0.25, 0.3) is 0 Å². The highest BCUT2D eigenvalue weighted by Gasteiger charge is 2.23. The predicted molar refractivity (Wildman–Crippen MR) is 232 cm³/mol. The van der Waals surface area contributed by atoms with Crippen LogP contribution in [0.2, 0.25) is 0 Å². The predicted octanol–water partition coefficient (Wildman–Crippen LogP) is 14.4. The zero-order valence-corrected chi connectivity index (χ0v) is 29.6. The van der Waals surface area contributed by atoms with E-state index < -0.39 is 0 Å². The molecule has 10 aromatic carbocycles. The minimum atomic E-state index is 0.916. The lowest BCUT2D eigenvalue weighted by molar-refractivity contribution is 0.673. The number of benzene rings is 10. The fraction of sp³-hybridized carbons (Fsp3) is 0. The summed E-state index contributed by atoms with van der Waals surface area (Å²) in [6.45, 7) is 0. The van der Waals surface area contributed by atoms with E-state index in [4.69, 9.17) is 4.42 Å². The van der Waals surface area contributed by atoms with E-state index in [0.29, 0.717) is 0 Å². The number of rotatable bonds is 2. The highest BCUT2D eigenvalue weighted by Crippen LogP contribution is 2.48. The number of fused-ring (bicyclic) bond motifs is 20. The SMILES string of the molecule is c1ccc2c(c1)oc1c2ccc2c1c1ccccc1n2-c1ccc(-n2c3ccccc3c3c4c5ccccc5c5ccccc5c4c4ccccc4c32)cc1. The Morgan fingerprint density at radius 2 is 0.745 bits per heavy atom. The van der Waals surface area contributed by atoms with Crippen LogP contribution in [0.1, 0.15) is 0 Å². The minimum absolute atomic E-state index is 0.916. The Balaban J connectivity index is 1.12. The van der Waals surface area contributed by atoms with E-state index >= 15 is 0 Å². The van der Waals surface area contributed by atoms with Crippen molar-refractivity contribution in [3.05, 3.63) is 182 Å². The first-order valence-corrected chi connectivity index (χ1v) is 18.9. The molecule has 0 bridgehead atoms. The van der Waals surface area contributed by atoms with E-state index in [-0.39, 0.29) is 0 Å². The van der Waals surface area contributed by atoms with Gasteiger partial charge in [-0.2, -0.15) is 0 Å². The van der Waals surface area contributed by atoms with Gasteiger partial charge in [0.2, 0.25) is 0 Å². The summed E-state index contributed by atoms with van der Waals surface area (Å²) in [6.07, 6.45) is 0. The molecule has 13 rings (SSSR count). The maximum Gasteiger partial charge on any atom is 0.145 e. The molecule has 0 saturated heterocycles. The van der Waals surface area contributed by atoms with Crippen molar-refractivity contribution in [1.29, 1.82) is 0 Å². The van der Waals surface area contributed by atoms with Crippen LogP contribution >= 0.6 is 0 Å². The number of nitrogens with zero attached hydrogens (tertiary/aromatic N) is 2. The van der Waals surface area contributed by atoms with E-state index in [9.17, 15) is 0 Å². The molecule has 0 spiro atoms. The molecule has 0 saturated carbocycles. The van der Waals surface area contributed by atoms with Crippen molar-refractivity contribution in [2.45, 2.75) is 0 Å². The first kappa shape index (κ1) is 29.1. The van der Waals surface area contributed by atoms with Crippen molar-refractivity contribution in [2.24, 2.45) is 0 Å². The van der Waals surface area contributed by atoms with Crippen LogP contribution in [-0.4, -0.2) is 9.13 Å². The molecule has 3 aromatic heterocycles. The summed E-state index contributed by atoms with van der Waals surface area (Å²) < 4.78 is 11.4. The van der Waals surface area contributed by atoms with Crippen LogP contribution in [0.15, 0.2) is 186 Å². The summed E-state index contributed by atoms with van der Waals surface area (Å²) in [7, 11) is 0. The summed E-state index contributed by atoms with van der Waals surface area (Å²) in [5.74, 6) is 0. The first-order chi connectivity index (χ1) is 27.3. The molecule has 0 aliphatic rings. The second-order valence-electron chi connectivity index (χ2n) is 14.8. The number of hydrogen-bond donors (Lipinski definition) is 0. The van der Waals surface area contributed by atoms with Crippen molar-refractivity contribution in [3.8, 4) is 11.4 Å². The molecule has 0 aliphatic heterocycles. The lowest BCUT2D eigenvalue weighted by Crippen LogP contribution is -1.98. The topological polar surface area (TPSA) is 23.0 Å². The fourth-order valence-corrected chi connectivity index (χ4v) is 9.87. The maximum atomic E-state index is 6.57. The van der Waals surface area contributed by atoms with Crippen molar-refractivity contribution in [1.82, 2.24) is 9.13 Å². The normalized spacial score (nSPS) is 12.4. The minimum Gasteiger partial charge on any atom is -0.455 e. The molecular weight excluding hydrogens is 669 g/mol. The summed E-state index contributed by atoms with van der Waals surface area (Å²) in [5, 5.41) is 17.5. The van der Waals surface area contributed by atoms with Crippen LogP contribution in [-0.2, 0) is 0 Å². The fourth-order valence-electron chi connectivity index (χ4n) is 9.87. The van der Waals surface area contributed by atoms with Gasteiger partial charge in [0, 0.05) is 49.1 Å². The Kier molecular flexibility index (Phi) is 5.63. The van der Waals surface area contributed by atoms with Gasteiger partial charge in [0.1, 0.15) is 11.2 Å². The number of furan rings is 1. The lowest BCUT2D eigenvalue weighted by atomic mass is 9.88. The zero-order chi connectivity index (χ0) is 35.8. The van der Waals surface area contributed by atoms with Gasteiger partial charge in [0.15, 0.2) is 0 Å². The third-order valence-corrected chi connectivity index (χ3v) is 12.1. The molecule has 3 heteroatoms. The highest BCUT2D eigenvalue weighted by molar-refractivity contribution is 6.42. The molecule has 254 valence electrons. The number of para-hydroxylation sites is 3. The summed E-state index contributed by atoms with van der Waals surface area (Å²) in [6, 6.07) is 66.4. The van der Waals surface area contributed by atoms with Gasteiger partial charge in [-0.1, -0.05) is 127 Å². The van der Waals surface area contributed by atoms with Gasteiger partial charge in [0.05, 0.1) is 27.5 Å². The van der Waals surface area contributed by atoms with E-state index in [1.165, 1.54) is 70.3 Å². The summed E-state index contributed by atoms with van der Waals surface area (Å²) in [4.78, 5) is 0. The maximum absolute atomic E-state index is 6.57. The van der Waals surface area contributed by atoms with Crippen LogP contribution in [0.25, 0.3) is 120 Å². The molecule has 55 heavy (non-hydrogen) atoms. The van der Waals surface area contributed by atoms with Gasteiger partial charge < -0.3 is 13.6 Å². The molecular formula is C52H30N2O. The van der Waals surface area contributed by atoms with Crippen molar-refractivity contribution >= 4 is 109 Å². The summed E-state index contributed by atoms with van der Waals surface area (Å²) in [5.41, 5.74) is 8.82. The molecule has 13 aromatic rings. The Morgan fingerprint density at radius 1 is 0.273 bits per heavy atom. The van der Waals surface area contributed by atoms with Gasteiger partial charge in [-0.3, -0.25) is 0 Å². The van der Waals surface area contributed by atoms with Gasteiger partial charge >= 0.3 is 0 Å². The molecule has 3 heterocycles. The Morgan fingerprint density at radius 3 is 1.42 bits per heavy atom. The second kappa shape index (κ2) is 10.6. The highest BCUT2D eigenvalue weighted by atomic mass is 16.3. The third kappa shape index (κ3) is 3.74. The number of aromatic nitrogens is 2.